The zero-order valence-corrected chi connectivity index (χ0v) is 21.1. The summed E-state index contributed by atoms with van der Waals surface area (Å²) in [6.45, 7) is 7.86. The summed E-state index contributed by atoms with van der Waals surface area (Å²) in [6.07, 6.45) is 4.79. The lowest BCUT2D eigenvalue weighted by Gasteiger charge is -2.26. The highest BCUT2D eigenvalue weighted by atomic mass is 32.1. The number of aromatic nitrogens is 1. The average molecular weight is 483 g/mol. The normalized spacial score (nSPS) is 17.9. The van der Waals surface area contributed by atoms with Crippen LogP contribution in [0.15, 0.2) is 24.3 Å². The number of rotatable bonds is 8. The van der Waals surface area contributed by atoms with Gasteiger partial charge < -0.3 is 15.1 Å². The summed E-state index contributed by atoms with van der Waals surface area (Å²) in [7, 11) is 0. The molecule has 2 aliphatic heterocycles. The molecule has 8 heteroatoms. The van der Waals surface area contributed by atoms with Gasteiger partial charge in [-0.2, -0.15) is 0 Å². The molecule has 1 fully saturated rings. The molecule has 34 heavy (non-hydrogen) atoms. The van der Waals surface area contributed by atoms with Crippen molar-refractivity contribution >= 4 is 39.9 Å². The van der Waals surface area contributed by atoms with Crippen LogP contribution in [0.2, 0.25) is 0 Å². The van der Waals surface area contributed by atoms with Crippen molar-refractivity contribution in [3.63, 3.8) is 0 Å². The lowest BCUT2D eigenvalue weighted by molar-refractivity contribution is -0.132. The van der Waals surface area contributed by atoms with Crippen molar-refractivity contribution in [1.82, 2.24) is 9.88 Å². The molecule has 0 saturated carbocycles. The third kappa shape index (κ3) is 5.66. The van der Waals surface area contributed by atoms with Gasteiger partial charge in [0.2, 0.25) is 17.7 Å². The molecule has 3 amide bonds. The van der Waals surface area contributed by atoms with Gasteiger partial charge in [-0.3, -0.25) is 14.4 Å². The van der Waals surface area contributed by atoms with E-state index < -0.39 is 5.92 Å². The van der Waals surface area contributed by atoms with Crippen LogP contribution in [0.4, 0.5) is 10.8 Å². The Hall–Kier alpha value is -2.74. The van der Waals surface area contributed by atoms with E-state index in [-0.39, 0.29) is 24.1 Å². The van der Waals surface area contributed by atoms with E-state index in [2.05, 4.69) is 29.4 Å². The Balaban J connectivity index is 1.35. The van der Waals surface area contributed by atoms with E-state index in [0.717, 1.165) is 35.5 Å². The Morgan fingerprint density at radius 2 is 2.00 bits per heavy atom. The molecule has 1 aromatic heterocycles. The predicted molar refractivity (Wildman–Crippen MR) is 135 cm³/mol. The average Bonchev–Trinajstić information content (AvgIpc) is 3.39. The molecule has 1 unspecified atom stereocenters. The third-order valence-corrected chi connectivity index (χ3v) is 7.46. The van der Waals surface area contributed by atoms with Crippen molar-refractivity contribution in [3.8, 4) is 0 Å². The van der Waals surface area contributed by atoms with Crippen molar-refractivity contribution in [2.75, 3.05) is 23.3 Å². The highest BCUT2D eigenvalue weighted by molar-refractivity contribution is 7.15. The van der Waals surface area contributed by atoms with Crippen molar-refractivity contribution in [3.05, 3.63) is 40.4 Å². The summed E-state index contributed by atoms with van der Waals surface area (Å²) in [6, 6.07) is 8.09. The molecule has 1 atom stereocenters. The SMILES string of the molecule is CCCCc1ccc(N2CC(C(=O)Nc3nc4c(s3)CN(C(=O)CC(C)C)CC4)CC2=O)cc1. The lowest BCUT2D eigenvalue weighted by atomic mass is 10.1. The highest BCUT2D eigenvalue weighted by Gasteiger charge is 2.35. The van der Waals surface area contributed by atoms with Gasteiger partial charge in [-0.1, -0.05) is 50.7 Å². The van der Waals surface area contributed by atoms with Gasteiger partial charge in [-0.25, -0.2) is 4.98 Å². The summed E-state index contributed by atoms with van der Waals surface area (Å²) < 4.78 is 0. The van der Waals surface area contributed by atoms with Gasteiger partial charge in [0, 0.05) is 42.9 Å². The van der Waals surface area contributed by atoms with Crippen LogP contribution >= 0.6 is 11.3 Å². The molecule has 0 aliphatic carbocycles. The molecular weight excluding hydrogens is 448 g/mol. The number of hydrogen-bond donors (Lipinski definition) is 1. The van der Waals surface area contributed by atoms with Gasteiger partial charge in [0.25, 0.3) is 0 Å². The Morgan fingerprint density at radius 3 is 2.71 bits per heavy atom. The van der Waals surface area contributed by atoms with Crippen LogP contribution in [0.5, 0.6) is 0 Å². The topological polar surface area (TPSA) is 82.6 Å². The number of carbonyl (C=O) groups excluding carboxylic acids is 3. The molecular formula is C26H34N4O3S. The van der Waals surface area contributed by atoms with Crippen LogP contribution in [-0.4, -0.2) is 40.7 Å². The molecule has 3 heterocycles. The molecule has 1 saturated heterocycles. The van der Waals surface area contributed by atoms with Crippen molar-refractivity contribution in [1.29, 1.82) is 0 Å². The summed E-state index contributed by atoms with van der Waals surface area (Å²) >= 11 is 1.43. The van der Waals surface area contributed by atoms with Crippen molar-refractivity contribution in [2.24, 2.45) is 11.8 Å². The number of fused-ring (bicyclic) bond motifs is 1. The van der Waals surface area contributed by atoms with Crippen LogP contribution in [0.25, 0.3) is 0 Å². The van der Waals surface area contributed by atoms with Crippen LogP contribution in [-0.2, 0) is 33.8 Å². The van der Waals surface area contributed by atoms with Gasteiger partial charge in [-0.05, 0) is 36.5 Å². The molecule has 0 bridgehead atoms. The number of nitrogens with one attached hydrogen (secondary N) is 1. The van der Waals surface area contributed by atoms with Gasteiger partial charge in [0.1, 0.15) is 0 Å². The summed E-state index contributed by atoms with van der Waals surface area (Å²) in [5.74, 6) is -0.105. The summed E-state index contributed by atoms with van der Waals surface area (Å²) in [5, 5.41) is 3.48. The van der Waals surface area contributed by atoms with Crippen molar-refractivity contribution < 1.29 is 14.4 Å². The molecule has 0 radical (unpaired) electrons. The van der Waals surface area contributed by atoms with Gasteiger partial charge in [-0.15, -0.1) is 0 Å². The number of amides is 3. The first kappa shape index (κ1) is 24.4. The molecule has 1 aromatic carbocycles. The molecule has 7 nitrogen and oxygen atoms in total. The maximum Gasteiger partial charge on any atom is 0.231 e. The first-order valence-electron chi connectivity index (χ1n) is 12.3. The second-order valence-electron chi connectivity index (χ2n) is 9.72. The summed E-state index contributed by atoms with van der Waals surface area (Å²) in [4.78, 5) is 47.2. The minimum absolute atomic E-state index is 0.0285. The number of nitrogens with zero attached hydrogens (tertiary/aromatic N) is 3. The van der Waals surface area contributed by atoms with Crippen LogP contribution in [0.1, 0.15) is 62.6 Å². The van der Waals surface area contributed by atoms with Crippen LogP contribution in [0.3, 0.4) is 0 Å². The number of thiazole rings is 1. The maximum absolute atomic E-state index is 12.9. The Kier molecular flexibility index (Phi) is 7.66. The Bertz CT molecular complexity index is 1050. The van der Waals surface area contributed by atoms with Crippen LogP contribution < -0.4 is 10.2 Å². The van der Waals surface area contributed by atoms with E-state index in [0.29, 0.717) is 43.5 Å². The van der Waals surface area contributed by atoms with Gasteiger partial charge in [0.05, 0.1) is 18.2 Å². The predicted octanol–water partition coefficient (Wildman–Crippen LogP) is 4.41. The fraction of sp³-hybridized carbons (Fsp3) is 0.538. The largest absolute Gasteiger partial charge is 0.337 e. The monoisotopic (exact) mass is 482 g/mol. The molecule has 2 aromatic rings. The summed E-state index contributed by atoms with van der Waals surface area (Å²) in [5.41, 5.74) is 3.07. The minimum atomic E-state index is -0.405. The molecule has 2 aliphatic rings. The van der Waals surface area contributed by atoms with E-state index in [1.54, 1.807) is 4.90 Å². The quantitative estimate of drug-likeness (QED) is 0.604. The fourth-order valence-electron chi connectivity index (χ4n) is 4.50. The number of carbonyl (C=O) groups is 3. The number of anilines is 2. The maximum atomic E-state index is 12.9. The Labute approximate surface area is 205 Å². The van der Waals surface area contributed by atoms with E-state index in [4.69, 9.17) is 0 Å². The molecule has 1 N–H and O–H groups in total. The fourth-order valence-corrected chi connectivity index (χ4v) is 5.53. The first-order chi connectivity index (χ1) is 16.3. The first-order valence-corrected chi connectivity index (χ1v) is 13.1. The number of unbranched alkanes of at least 4 members (excludes halogenated alkanes) is 1. The van der Waals surface area contributed by atoms with Crippen LogP contribution in [0, 0.1) is 11.8 Å². The number of benzene rings is 1. The van der Waals surface area contributed by atoms with E-state index >= 15 is 0 Å². The van der Waals surface area contributed by atoms with E-state index in [1.165, 1.54) is 16.9 Å². The number of hydrogen-bond acceptors (Lipinski definition) is 5. The number of aryl methyl sites for hydroxylation is 1. The van der Waals surface area contributed by atoms with Gasteiger partial charge >= 0.3 is 0 Å². The zero-order chi connectivity index (χ0) is 24.2. The Morgan fingerprint density at radius 1 is 1.24 bits per heavy atom. The van der Waals surface area contributed by atoms with Gasteiger partial charge in [0.15, 0.2) is 5.13 Å². The zero-order valence-electron chi connectivity index (χ0n) is 20.3. The second kappa shape index (κ2) is 10.7. The smallest absolute Gasteiger partial charge is 0.231 e. The van der Waals surface area contributed by atoms with Crippen molar-refractivity contribution in [2.45, 2.75) is 65.8 Å². The molecule has 4 rings (SSSR count). The molecule has 182 valence electrons. The standard InChI is InChI=1S/C26H34N4O3S/c1-4-5-6-18-7-9-20(10-8-18)30-15-19(14-24(30)32)25(33)28-26-27-21-11-12-29(16-22(21)34-26)23(31)13-17(2)3/h7-10,17,19H,4-6,11-16H2,1-3H3,(H,27,28,33). The van der Waals surface area contributed by atoms with E-state index in [1.807, 2.05) is 30.9 Å². The second-order valence-corrected chi connectivity index (χ2v) is 10.8. The van der Waals surface area contributed by atoms with E-state index in [9.17, 15) is 14.4 Å². The molecule has 0 spiro atoms. The highest BCUT2D eigenvalue weighted by Crippen LogP contribution is 2.31. The lowest BCUT2D eigenvalue weighted by Crippen LogP contribution is -2.36. The minimum Gasteiger partial charge on any atom is -0.337 e. The third-order valence-electron chi connectivity index (χ3n) is 6.46.